The number of nitrogens with zero attached hydrogens (tertiary/aromatic N) is 4. The highest BCUT2D eigenvalue weighted by molar-refractivity contribution is 7.89. The molecule has 0 saturated carbocycles. The van der Waals surface area contributed by atoms with Gasteiger partial charge in [-0.1, -0.05) is 25.5 Å². The first-order chi connectivity index (χ1) is 15.8. The number of aryl methyl sites for hydroxylation is 2. The lowest BCUT2D eigenvalue weighted by Crippen LogP contribution is -2.22. The van der Waals surface area contributed by atoms with Gasteiger partial charge >= 0.3 is 0 Å². The highest BCUT2D eigenvalue weighted by atomic mass is 32.2. The van der Waals surface area contributed by atoms with Crippen molar-refractivity contribution >= 4 is 32.7 Å². The van der Waals surface area contributed by atoms with Crippen LogP contribution in [-0.2, 0) is 34.2 Å². The third kappa shape index (κ3) is 5.78. The van der Waals surface area contributed by atoms with Crippen LogP contribution in [0.25, 0.3) is 11.0 Å². The summed E-state index contributed by atoms with van der Waals surface area (Å²) in [6.45, 7) is 2.86. The maximum Gasteiger partial charge on any atom is 0.242 e. The van der Waals surface area contributed by atoms with Gasteiger partial charge in [-0.05, 0) is 42.3 Å². The van der Waals surface area contributed by atoms with Gasteiger partial charge in [-0.25, -0.2) is 17.7 Å². The molecular formula is C24H29N5O3S. The number of unbranched alkanes of at least 4 members (excludes halogenated alkanes) is 1. The summed E-state index contributed by atoms with van der Waals surface area (Å²) in [7, 11) is -0.553. The molecule has 0 aliphatic heterocycles. The lowest BCUT2D eigenvalue weighted by Gasteiger charge is -2.11. The van der Waals surface area contributed by atoms with Crippen LogP contribution in [0.4, 0.5) is 5.69 Å². The Bertz CT molecular complexity index is 1270. The van der Waals surface area contributed by atoms with Crippen LogP contribution in [0.5, 0.6) is 0 Å². The first-order valence-corrected chi connectivity index (χ1v) is 12.4. The van der Waals surface area contributed by atoms with Crippen molar-refractivity contribution in [1.82, 2.24) is 13.9 Å². The topological polar surface area (TPSA) is 108 Å². The molecule has 0 spiro atoms. The number of carbonyl (C=O) groups is 1. The number of imidazole rings is 1. The first-order valence-electron chi connectivity index (χ1n) is 10.9. The molecule has 1 N–H and O–H groups in total. The van der Waals surface area contributed by atoms with Crippen LogP contribution < -0.4 is 5.32 Å². The number of fused-ring (bicyclic) bond motifs is 1. The number of aromatic nitrogens is 2. The molecule has 2 aromatic carbocycles. The average Bonchev–Trinajstić information content (AvgIpc) is 3.14. The zero-order valence-corrected chi connectivity index (χ0v) is 20.0. The van der Waals surface area contributed by atoms with E-state index in [2.05, 4.69) is 27.9 Å². The molecule has 0 unspecified atom stereocenters. The predicted octanol–water partition coefficient (Wildman–Crippen LogP) is 3.72. The molecule has 3 rings (SSSR count). The number of nitriles is 1. The van der Waals surface area contributed by atoms with Gasteiger partial charge < -0.3 is 9.88 Å². The molecule has 1 heterocycles. The van der Waals surface area contributed by atoms with Crippen molar-refractivity contribution in [2.24, 2.45) is 0 Å². The van der Waals surface area contributed by atoms with E-state index in [1.165, 1.54) is 18.4 Å². The van der Waals surface area contributed by atoms with Crippen molar-refractivity contribution in [3.63, 3.8) is 0 Å². The fraction of sp³-hybridized carbons (Fsp3) is 0.375. The Morgan fingerprint density at radius 2 is 1.91 bits per heavy atom. The zero-order chi connectivity index (χ0) is 24.0. The van der Waals surface area contributed by atoms with Crippen LogP contribution in [0.2, 0.25) is 0 Å². The van der Waals surface area contributed by atoms with E-state index < -0.39 is 10.0 Å². The molecule has 0 aliphatic rings. The number of anilines is 1. The molecule has 0 aliphatic carbocycles. The van der Waals surface area contributed by atoms with Gasteiger partial charge in [-0.3, -0.25) is 4.79 Å². The minimum absolute atomic E-state index is 0.131. The van der Waals surface area contributed by atoms with E-state index in [1.807, 2.05) is 12.1 Å². The van der Waals surface area contributed by atoms with Gasteiger partial charge in [0.2, 0.25) is 15.9 Å². The van der Waals surface area contributed by atoms with Crippen LogP contribution >= 0.6 is 0 Å². The molecule has 8 nitrogen and oxygen atoms in total. The summed E-state index contributed by atoms with van der Waals surface area (Å²) in [5, 5.41) is 11.6. The Hall–Kier alpha value is -3.22. The summed E-state index contributed by atoms with van der Waals surface area (Å²) in [6.07, 6.45) is 2.98. The summed E-state index contributed by atoms with van der Waals surface area (Å²) in [5.74, 6) is 0.630. The Balaban J connectivity index is 1.79. The smallest absolute Gasteiger partial charge is 0.242 e. The van der Waals surface area contributed by atoms with Crippen molar-refractivity contribution < 1.29 is 13.2 Å². The number of carbonyl (C=O) groups excluding carboxylic acids is 1. The van der Waals surface area contributed by atoms with Gasteiger partial charge in [0.25, 0.3) is 0 Å². The van der Waals surface area contributed by atoms with Gasteiger partial charge in [0, 0.05) is 39.2 Å². The van der Waals surface area contributed by atoms with Crippen LogP contribution in [0.3, 0.4) is 0 Å². The molecule has 1 aromatic heterocycles. The molecule has 0 bridgehead atoms. The molecule has 0 radical (unpaired) electrons. The lowest BCUT2D eigenvalue weighted by atomic mass is 10.1. The Morgan fingerprint density at radius 1 is 1.18 bits per heavy atom. The highest BCUT2D eigenvalue weighted by Crippen LogP contribution is 2.23. The second-order valence-electron chi connectivity index (χ2n) is 8.05. The molecular weight excluding hydrogens is 438 g/mol. The van der Waals surface area contributed by atoms with Crippen molar-refractivity contribution in [2.45, 2.75) is 50.5 Å². The van der Waals surface area contributed by atoms with Crippen molar-refractivity contribution in [2.75, 3.05) is 19.4 Å². The number of sulfonamides is 1. The average molecular weight is 468 g/mol. The number of nitrogens with one attached hydrogen (secondary N) is 1. The van der Waals surface area contributed by atoms with E-state index in [4.69, 9.17) is 5.26 Å². The molecule has 3 aromatic rings. The maximum atomic E-state index is 12.5. The standard InChI is InChI=1S/C24H29N5O3S/c1-4-5-16-29-22-11-10-20(33(31,32)28(2)3)17-21(22)27-23(29)12-13-24(30)26-19-8-6-18(7-9-19)14-15-25/h6-11,17H,4-5,12-14,16H2,1-3H3,(H,26,30). The largest absolute Gasteiger partial charge is 0.328 e. The van der Waals surface area contributed by atoms with Gasteiger partial charge in [-0.15, -0.1) is 0 Å². The summed E-state index contributed by atoms with van der Waals surface area (Å²) < 4.78 is 28.3. The number of benzene rings is 2. The van der Waals surface area contributed by atoms with Gasteiger partial charge in [-0.2, -0.15) is 5.26 Å². The summed E-state index contributed by atoms with van der Waals surface area (Å²) >= 11 is 0. The molecule has 0 fully saturated rings. The Kier molecular flexibility index (Phi) is 7.84. The molecule has 33 heavy (non-hydrogen) atoms. The number of hydrogen-bond acceptors (Lipinski definition) is 5. The minimum atomic E-state index is -3.55. The van der Waals surface area contributed by atoms with E-state index in [9.17, 15) is 13.2 Å². The second kappa shape index (κ2) is 10.6. The SMILES string of the molecule is CCCCn1c(CCC(=O)Nc2ccc(CC#N)cc2)nc2cc(S(=O)(=O)N(C)C)ccc21. The second-order valence-corrected chi connectivity index (χ2v) is 10.2. The fourth-order valence-corrected chi connectivity index (χ4v) is 4.46. The quantitative estimate of drug-likeness (QED) is 0.489. The van der Waals surface area contributed by atoms with Crippen LogP contribution in [-0.4, -0.2) is 42.3 Å². The lowest BCUT2D eigenvalue weighted by molar-refractivity contribution is -0.116. The fourth-order valence-electron chi connectivity index (χ4n) is 3.53. The van der Waals surface area contributed by atoms with E-state index in [1.54, 1.807) is 30.3 Å². The molecule has 0 atom stereocenters. The van der Waals surface area contributed by atoms with Crippen LogP contribution in [0.1, 0.15) is 37.6 Å². The van der Waals surface area contributed by atoms with E-state index in [-0.39, 0.29) is 17.2 Å². The van der Waals surface area contributed by atoms with Crippen molar-refractivity contribution in [1.29, 1.82) is 5.26 Å². The van der Waals surface area contributed by atoms with E-state index in [0.717, 1.165) is 36.3 Å². The molecule has 174 valence electrons. The third-order valence-corrected chi connectivity index (χ3v) is 7.22. The van der Waals surface area contributed by atoms with Crippen LogP contribution in [0, 0.1) is 11.3 Å². The summed E-state index contributed by atoms with van der Waals surface area (Å²) in [4.78, 5) is 17.4. The molecule has 0 saturated heterocycles. The minimum Gasteiger partial charge on any atom is -0.328 e. The first kappa shape index (κ1) is 24.4. The van der Waals surface area contributed by atoms with Crippen molar-refractivity contribution in [3.05, 3.63) is 53.9 Å². The van der Waals surface area contributed by atoms with E-state index in [0.29, 0.717) is 24.0 Å². The predicted molar refractivity (Wildman–Crippen MR) is 128 cm³/mol. The molecule has 9 heteroatoms. The Morgan fingerprint density at radius 3 is 2.55 bits per heavy atom. The zero-order valence-electron chi connectivity index (χ0n) is 19.2. The number of amides is 1. The Labute approximate surface area is 194 Å². The summed E-state index contributed by atoms with van der Waals surface area (Å²) in [5.41, 5.74) is 3.05. The van der Waals surface area contributed by atoms with Gasteiger partial charge in [0.15, 0.2) is 0 Å². The van der Waals surface area contributed by atoms with Crippen molar-refractivity contribution in [3.8, 4) is 6.07 Å². The molecule has 1 amide bonds. The van der Waals surface area contributed by atoms with Gasteiger partial charge in [0.1, 0.15) is 5.82 Å². The van der Waals surface area contributed by atoms with E-state index >= 15 is 0 Å². The number of rotatable bonds is 10. The summed E-state index contributed by atoms with van der Waals surface area (Å²) in [6, 6.07) is 14.3. The van der Waals surface area contributed by atoms with Gasteiger partial charge in [0.05, 0.1) is 28.4 Å². The highest BCUT2D eigenvalue weighted by Gasteiger charge is 2.20. The monoisotopic (exact) mass is 467 g/mol. The van der Waals surface area contributed by atoms with Crippen LogP contribution in [0.15, 0.2) is 47.4 Å². The third-order valence-electron chi connectivity index (χ3n) is 5.41. The maximum absolute atomic E-state index is 12.5. The normalized spacial score (nSPS) is 11.6. The number of hydrogen-bond donors (Lipinski definition) is 1.